The van der Waals surface area contributed by atoms with Crippen molar-refractivity contribution in [3.05, 3.63) is 53.1 Å². The highest BCUT2D eigenvalue weighted by atomic mass is 35.5. The number of methoxy groups -OCH3 is 2. The number of alkyl halides is 3. The zero-order valence-electron chi connectivity index (χ0n) is 14.3. The summed E-state index contributed by atoms with van der Waals surface area (Å²) >= 11 is 5.74. The Labute approximate surface area is 158 Å². The number of carbonyl (C=O) groups excluding carboxylic acids is 2. The van der Waals surface area contributed by atoms with Crippen LogP contribution in [0.1, 0.15) is 10.4 Å². The van der Waals surface area contributed by atoms with Crippen molar-refractivity contribution >= 4 is 29.0 Å². The first-order chi connectivity index (χ1) is 12.7. The average Bonchev–Trinajstić information content (AvgIpc) is 2.64. The van der Waals surface area contributed by atoms with Crippen LogP contribution in [0.25, 0.3) is 0 Å². The van der Waals surface area contributed by atoms with Crippen molar-refractivity contribution in [2.24, 2.45) is 0 Å². The fourth-order valence-electron chi connectivity index (χ4n) is 2.25. The predicted molar refractivity (Wildman–Crippen MR) is 93.7 cm³/mol. The Balaban J connectivity index is 2.44. The summed E-state index contributed by atoms with van der Waals surface area (Å²) in [6.07, 6.45) is -5.17. The second-order valence-electron chi connectivity index (χ2n) is 5.39. The van der Waals surface area contributed by atoms with E-state index in [0.29, 0.717) is 9.92 Å². The molecule has 0 bridgehead atoms. The van der Waals surface area contributed by atoms with Crippen LogP contribution in [0.4, 0.5) is 18.9 Å². The molecule has 5 nitrogen and oxygen atoms in total. The van der Waals surface area contributed by atoms with Crippen LogP contribution in [-0.4, -0.2) is 38.6 Å². The van der Waals surface area contributed by atoms with Gasteiger partial charge in [-0.2, -0.15) is 13.2 Å². The van der Waals surface area contributed by atoms with E-state index >= 15 is 0 Å². The maximum Gasteiger partial charge on any atom is 0.471 e. The van der Waals surface area contributed by atoms with Crippen molar-refractivity contribution in [2.75, 3.05) is 25.7 Å². The number of benzene rings is 2. The van der Waals surface area contributed by atoms with E-state index in [4.69, 9.17) is 21.1 Å². The number of carbonyl (C=O) groups is 2. The van der Waals surface area contributed by atoms with E-state index in [-0.39, 0.29) is 22.7 Å². The molecule has 0 fully saturated rings. The first-order valence-corrected chi connectivity index (χ1v) is 7.94. The quantitative estimate of drug-likeness (QED) is 0.683. The number of Topliss-reactive ketones (excluding diaryl/α,β-unsaturated/α-hetero) is 1. The molecule has 0 saturated heterocycles. The van der Waals surface area contributed by atoms with Gasteiger partial charge >= 0.3 is 12.1 Å². The van der Waals surface area contributed by atoms with Gasteiger partial charge in [-0.25, -0.2) is 0 Å². The lowest BCUT2D eigenvalue weighted by Crippen LogP contribution is -2.44. The molecule has 0 aliphatic carbocycles. The van der Waals surface area contributed by atoms with Gasteiger partial charge in [0.15, 0.2) is 5.78 Å². The van der Waals surface area contributed by atoms with Gasteiger partial charge in [-0.15, -0.1) is 0 Å². The summed E-state index contributed by atoms with van der Waals surface area (Å²) in [5.41, 5.74) is -0.0647. The van der Waals surface area contributed by atoms with Gasteiger partial charge in [0, 0.05) is 28.8 Å². The molecule has 0 aromatic heterocycles. The van der Waals surface area contributed by atoms with Crippen LogP contribution in [0.3, 0.4) is 0 Å². The van der Waals surface area contributed by atoms with Gasteiger partial charge in [0.05, 0.1) is 26.5 Å². The molecule has 2 aromatic rings. The van der Waals surface area contributed by atoms with Gasteiger partial charge in [0.1, 0.15) is 11.5 Å². The van der Waals surface area contributed by atoms with Crippen LogP contribution < -0.4 is 14.4 Å². The molecular weight excluding hydrogens is 387 g/mol. The summed E-state index contributed by atoms with van der Waals surface area (Å²) < 4.78 is 49.3. The molecule has 0 N–H and O–H groups in total. The van der Waals surface area contributed by atoms with E-state index in [1.165, 1.54) is 56.7 Å². The molecule has 0 heterocycles. The fraction of sp³-hybridized carbons (Fsp3) is 0.222. The van der Waals surface area contributed by atoms with Crippen LogP contribution in [0.5, 0.6) is 11.5 Å². The summed E-state index contributed by atoms with van der Waals surface area (Å²) in [7, 11) is 2.63. The number of nitrogens with zero attached hydrogens (tertiary/aromatic N) is 1. The summed E-state index contributed by atoms with van der Waals surface area (Å²) in [5, 5.41) is 0.368. The van der Waals surface area contributed by atoms with Crippen molar-refractivity contribution in [2.45, 2.75) is 6.18 Å². The van der Waals surface area contributed by atoms with Crippen molar-refractivity contribution in [1.29, 1.82) is 0 Å². The number of ether oxygens (including phenoxy) is 2. The van der Waals surface area contributed by atoms with Crippen molar-refractivity contribution in [1.82, 2.24) is 0 Å². The molecule has 144 valence electrons. The third-order valence-corrected chi connectivity index (χ3v) is 3.86. The Kier molecular flexibility index (Phi) is 6.32. The lowest BCUT2D eigenvalue weighted by molar-refractivity contribution is -0.170. The SMILES string of the molecule is COc1cc(OC)cc(N(CC(=O)c2ccc(Cl)cc2)C(=O)C(F)(F)F)c1. The Bertz CT molecular complexity index is 815. The Morgan fingerprint density at radius 3 is 1.96 bits per heavy atom. The van der Waals surface area contributed by atoms with E-state index in [1.807, 2.05) is 0 Å². The summed E-state index contributed by atoms with van der Waals surface area (Å²) in [5.74, 6) is -2.53. The van der Waals surface area contributed by atoms with E-state index < -0.39 is 24.4 Å². The normalized spacial score (nSPS) is 11.0. The van der Waals surface area contributed by atoms with Gasteiger partial charge in [-0.05, 0) is 24.3 Å². The first-order valence-electron chi connectivity index (χ1n) is 7.56. The average molecular weight is 402 g/mol. The monoisotopic (exact) mass is 401 g/mol. The molecular formula is C18H15ClF3NO4. The molecule has 2 rings (SSSR count). The molecule has 0 aliphatic heterocycles. The van der Waals surface area contributed by atoms with Crippen molar-refractivity contribution < 1.29 is 32.2 Å². The first kappa shape index (κ1) is 20.6. The molecule has 0 saturated carbocycles. The number of amides is 1. The van der Waals surface area contributed by atoms with Crippen molar-refractivity contribution in [3.63, 3.8) is 0 Å². The molecule has 9 heteroatoms. The highest BCUT2D eigenvalue weighted by molar-refractivity contribution is 6.30. The van der Waals surface area contributed by atoms with Gasteiger partial charge < -0.3 is 9.47 Å². The van der Waals surface area contributed by atoms with Crippen LogP contribution in [0.15, 0.2) is 42.5 Å². The lowest BCUT2D eigenvalue weighted by Gasteiger charge is -2.24. The second kappa shape index (κ2) is 8.30. The molecule has 0 unspecified atom stereocenters. The zero-order valence-corrected chi connectivity index (χ0v) is 15.1. The second-order valence-corrected chi connectivity index (χ2v) is 5.83. The molecule has 0 aliphatic rings. The summed E-state index contributed by atoms with van der Waals surface area (Å²) in [4.78, 5) is 24.7. The van der Waals surface area contributed by atoms with Crippen LogP contribution in [-0.2, 0) is 4.79 Å². The zero-order chi connectivity index (χ0) is 20.2. The van der Waals surface area contributed by atoms with Gasteiger partial charge in [-0.3, -0.25) is 14.5 Å². The third kappa shape index (κ3) is 5.13. The van der Waals surface area contributed by atoms with E-state index in [9.17, 15) is 22.8 Å². The molecule has 2 aromatic carbocycles. The number of anilines is 1. The van der Waals surface area contributed by atoms with Gasteiger partial charge in [0.2, 0.25) is 0 Å². The summed E-state index contributed by atoms with van der Waals surface area (Å²) in [6, 6.07) is 9.45. The molecule has 0 spiro atoms. The van der Waals surface area contributed by atoms with E-state index in [1.54, 1.807) is 0 Å². The predicted octanol–water partition coefficient (Wildman–Crippen LogP) is 4.14. The smallest absolute Gasteiger partial charge is 0.471 e. The van der Waals surface area contributed by atoms with Gasteiger partial charge in [0.25, 0.3) is 0 Å². The number of hydrogen-bond acceptors (Lipinski definition) is 4. The Morgan fingerprint density at radius 2 is 1.52 bits per heavy atom. The molecule has 27 heavy (non-hydrogen) atoms. The third-order valence-electron chi connectivity index (χ3n) is 3.60. The van der Waals surface area contributed by atoms with Crippen molar-refractivity contribution in [3.8, 4) is 11.5 Å². The maximum atomic E-state index is 13.1. The standard InChI is InChI=1S/C18H15ClF3NO4/c1-26-14-7-13(8-15(9-14)27-2)23(17(25)18(20,21)22)10-16(24)11-3-5-12(19)6-4-11/h3-9H,10H2,1-2H3. The molecule has 0 radical (unpaired) electrons. The van der Waals surface area contributed by atoms with Crippen LogP contribution in [0.2, 0.25) is 5.02 Å². The highest BCUT2D eigenvalue weighted by Gasteiger charge is 2.43. The van der Waals surface area contributed by atoms with E-state index in [2.05, 4.69) is 0 Å². The minimum atomic E-state index is -5.17. The van der Waals surface area contributed by atoms with Gasteiger partial charge in [-0.1, -0.05) is 11.6 Å². The Morgan fingerprint density at radius 1 is 1.00 bits per heavy atom. The minimum Gasteiger partial charge on any atom is -0.497 e. The van der Waals surface area contributed by atoms with Crippen LogP contribution >= 0.6 is 11.6 Å². The number of rotatable bonds is 6. The number of ketones is 1. The fourth-order valence-corrected chi connectivity index (χ4v) is 2.38. The minimum absolute atomic E-state index is 0.120. The Hall–Kier alpha value is -2.74. The highest BCUT2D eigenvalue weighted by Crippen LogP contribution is 2.31. The molecule has 1 amide bonds. The topological polar surface area (TPSA) is 55.8 Å². The van der Waals surface area contributed by atoms with E-state index in [0.717, 1.165) is 0 Å². The lowest BCUT2D eigenvalue weighted by atomic mass is 10.1. The summed E-state index contributed by atoms with van der Waals surface area (Å²) in [6.45, 7) is -0.823. The largest absolute Gasteiger partial charge is 0.497 e. The number of halogens is 4. The molecule has 0 atom stereocenters. The van der Waals surface area contributed by atoms with Crippen LogP contribution in [0, 0.1) is 0 Å². The maximum absolute atomic E-state index is 13.1. The number of hydrogen-bond donors (Lipinski definition) is 0.